The van der Waals surface area contributed by atoms with Crippen LogP contribution in [0.25, 0.3) is 0 Å². The number of hydrogen-bond acceptors (Lipinski definition) is 3. The van der Waals surface area contributed by atoms with Gasteiger partial charge < -0.3 is 10.0 Å². The number of hydrogen-bond donors (Lipinski definition) is 1. The lowest BCUT2D eigenvalue weighted by atomic mass is 9.97. The average Bonchev–Trinajstić information content (AvgIpc) is 3.22. The van der Waals surface area contributed by atoms with Crippen molar-refractivity contribution >= 4 is 5.91 Å². The summed E-state index contributed by atoms with van der Waals surface area (Å²) in [6.45, 7) is 6.61. The monoisotopic (exact) mass is 341 g/mol. The molecule has 1 aliphatic heterocycles. The number of rotatable bonds is 6. The molecule has 1 aromatic carbocycles. The van der Waals surface area contributed by atoms with Gasteiger partial charge in [-0.15, -0.1) is 0 Å². The first-order valence-corrected chi connectivity index (χ1v) is 9.12. The number of aliphatic hydroxyl groups is 1. The lowest BCUT2D eigenvalue weighted by molar-refractivity contribution is 0.0786. The molecule has 1 saturated heterocycles. The Morgan fingerprint density at radius 2 is 2.16 bits per heavy atom. The third kappa shape index (κ3) is 3.93. The summed E-state index contributed by atoms with van der Waals surface area (Å²) in [5.41, 5.74) is 3.88. The van der Waals surface area contributed by atoms with Gasteiger partial charge in [0.05, 0.1) is 18.4 Å². The fourth-order valence-electron chi connectivity index (χ4n) is 3.64. The topological polar surface area (TPSA) is 58.4 Å². The molecule has 2 aromatic rings. The van der Waals surface area contributed by atoms with E-state index in [4.69, 9.17) is 0 Å². The van der Waals surface area contributed by atoms with Crippen LogP contribution >= 0.6 is 0 Å². The molecule has 1 N–H and O–H groups in total. The predicted molar refractivity (Wildman–Crippen MR) is 97.3 cm³/mol. The molecule has 1 aromatic heterocycles. The number of aryl methyl sites for hydroxylation is 1. The Hall–Kier alpha value is -2.14. The summed E-state index contributed by atoms with van der Waals surface area (Å²) in [4.78, 5) is 14.8. The lowest BCUT2D eigenvalue weighted by Crippen LogP contribution is -2.29. The van der Waals surface area contributed by atoms with Gasteiger partial charge in [0, 0.05) is 25.3 Å². The van der Waals surface area contributed by atoms with Gasteiger partial charge in [0.1, 0.15) is 0 Å². The number of amides is 1. The zero-order valence-corrected chi connectivity index (χ0v) is 15.1. The van der Waals surface area contributed by atoms with E-state index < -0.39 is 0 Å². The average molecular weight is 341 g/mol. The fraction of sp³-hybridized carbons (Fsp3) is 0.500. The molecule has 1 fully saturated rings. The zero-order chi connectivity index (χ0) is 17.8. The van der Waals surface area contributed by atoms with Gasteiger partial charge >= 0.3 is 0 Å². The van der Waals surface area contributed by atoms with Crippen LogP contribution in [0.1, 0.15) is 46.9 Å². The summed E-state index contributed by atoms with van der Waals surface area (Å²) >= 11 is 0. The van der Waals surface area contributed by atoms with E-state index in [-0.39, 0.29) is 12.5 Å². The first-order chi connectivity index (χ1) is 12.1. The normalized spacial score (nSPS) is 17.2. The second-order valence-corrected chi connectivity index (χ2v) is 6.95. The third-order valence-electron chi connectivity index (χ3n) is 5.04. The molecular weight excluding hydrogens is 314 g/mol. The number of carbonyl (C=O) groups is 1. The Balaban J connectivity index is 1.63. The highest BCUT2D eigenvalue weighted by molar-refractivity contribution is 5.95. The molecular formula is C20H27N3O2. The number of nitrogens with zero attached hydrogens (tertiary/aromatic N) is 3. The zero-order valence-electron chi connectivity index (χ0n) is 15.1. The first kappa shape index (κ1) is 17.7. The summed E-state index contributed by atoms with van der Waals surface area (Å²) in [6.07, 6.45) is 4.70. The van der Waals surface area contributed by atoms with Crippen molar-refractivity contribution in [2.75, 3.05) is 13.1 Å². The van der Waals surface area contributed by atoms with E-state index >= 15 is 0 Å². The fourth-order valence-corrected chi connectivity index (χ4v) is 3.64. The van der Waals surface area contributed by atoms with E-state index in [9.17, 15) is 9.90 Å². The van der Waals surface area contributed by atoms with Crippen LogP contribution in [0.4, 0.5) is 0 Å². The van der Waals surface area contributed by atoms with Crippen molar-refractivity contribution in [2.45, 2.75) is 46.3 Å². The Morgan fingerprint density at radius 1 is 1.36 bits per heavy atom. The minimum atomic E-state index is 0.0736. The van der Waals surface area contributed by atoms with Gasteiger partial charge in [-0.1, -0.05) is 31.2 Å². The molecule has 1 atom stereocenters. The highest BCUT2D eigenvalue weighted by Crippen LogP contribution is 2.24. The van der Waals surface area contributed by atoms with E-state index in [0.717, 1.165) is 55.7 Å². The number of carbonyl (C=O) groups excluding carboxylic acids is 1. The number of likely N-dealkylation sites (tertiary alicyclic amines) is 1. The van der Waals surface area contributed by atoms with Crippen molar-refractivity contribution in [3.63, 3.8) is 0 Å². The molecule has 1 amide bonds. The van der Waals surface area contributed by atoms with Crippen molar-refractivity contribution < 1.29 is 9.90 Å². The molecule has 134 valence electrons. The molecule has 0 aliphatic carbocycles. The quantitative estimate of drug-likeness (QED) is 0.879. The van der Waals surface area contributed by atoms with Crippen LogP contribution in [0.3, 0.4) is 0 Å². The molecule has 5 nitrogen and oxygen atoms in total. The summed E-state index contributed by atoms with van der Waals surface area (Å²) < 4.78 is 1.92. The van der Waals surface area contributed by atoms with Crippen molar-refractivity contribution in [3.05, 3.63) is 52.8 Å². The van der Waals surface area contributed by atoms with Gasteiger partial charge in [0.2, 0.25) is 0 Å². The maximum Gasteiger partial charge on any atom is 0.257 e. The Kier molecular flexibility index (Phi) is 5.53. The van der Waals surface area contributed by atoms with Gasteiger partial charge in [-0.2, -0.15) is 5.10 Å². The molecule has 0 saturated carbocycles. The molecule has 2 heterocycles. The van der Waals surface area contributed by atoms with Crippen molar-refractivity contribution in [2.24, 2.45) is 5.92 Å². The Labute approximate surface area is 149 Å². The molecule has 3 rings (SSSR count). The summed E-state index contributed by atoms with van der Waals surface area (Å²) in [6, 6.07) is 8.08. The van der Waals surface area contributed by atoms with E-state index in [2.05, 4.69) is 24.2 Å². The van der Waals surface area contributed by atoms with Crippen LogP contribution in [0.5, 0.6) is 0 Å². The predicted octanol–water partition coefficient (Wildman–Crippen LogP) is 2.80. The molecule has 0 bridgehead atoms. The molecule has 0 radical (unpaired) electrons. The highest BCUT2D eigenvalue weighted by atomic mass is 16.3. The summed E-state index contributed by atoms with van der Waals surface area (Å²) in [5, 5.41) is 13.6. The minimum Gasteiger partial charge on any atom is -0.392 e. The smallest absolute Gasteiger partial charge is 0.257 e. The maximum absolute atomic E-state index is 12.8. The van der Waals surface area contributed by atoms with Crippen LogP contribution in [0.2, 0.25) is 0 Å². The van der Waals surface area contributed by atoms with Gasteiger partial charge in [-0.25, -0.2) is 0 Å². The van der Waals surface area contributed by atoms with Crippen LogP contribution in [0.15, 0.2) is 30.5 Å². The van der Waals surface area contributed by atoms with E-state index in [1.54, 1.807) is 6.20 Å². The van der Waals surface area contributed by atoms with Crippen molar-refractivity contribution in [1.29, 1.82) is 0 Å². The van der Waals surface area contributed by atoms with Gasteiger partial charge in [0.25, 0.3) is 5.91 Å². The van der Waals surface area contributed by atoms with Crippen LogP contribution in [-0.2, 0) is 19.6 Å². The van der Waals surface area contributed by atoms with Gasteiger partial charge in [-0.05, 0) is 43.2 Å². The van der Waals surface area contributed by atoms with E-state index in [1.165, 1.54) is 5.56 Å². The van der Waals surface area contributed by atoms with Crippen LogP contribution in [-0.4, -0.2) is 38.8 Å². The molecule has 1 aliphatic rings. The summed E-state index contributed by atoms with van der Waals surface area (Å²) in [5.74, 6) is 0.579. The van der Waals surface area contributed by atoms with Gasteiger partial charge in [0.15, 0.2) is 0 Å². The van der Waals surface area contributed by atoms with E-state index in [1.807, 2.05) is 28.6 Å². The Bertz CT molecular complexity index is 738. The maximum atomic E-state index is 12.8. The van der Waals surface area contributed by atoms with Crippen molar-refractivity contribution in [1.82, 2.24) is 14.7 Å². The van der Waals surface area contributed by atoms with E-state index in [0.29, 0.717) is 5.92 Å². The van der Waals surface area contributed by atoms with Gasteiger partial charge in [-0.3, -0.25) is 9.48 Å². The number of aromatic nitrogens is 2. The summed E-state index contributed by atoms with van der Waals surface area (Å²) in [7, 11) is 0. The largest absolute Gasteiger partial charge is 0.392 e. The second-order valence-electron chi connectivity index (χ2n) is 6.95. The Morgan fingerprint density at radius 3 is 2.92 bits per heavy atom. The number of benzene rings is 1. The molecule has 25 heavy (non-hydrogen) atoms. The molecule has 0 spiro atoms. The van der Waals surface area contributed by atoms with Crippen LogP contribution < -0.4 is 0 Å². The number of aliphatic hydroxyl groups excluding tert-OH is 1. The van der Waals surface area contributed by atoms with Crippen molar-refractivity contribution in [3.8, 4) is 0 Å². The molecule has 0 unspecified atom stereocenters. The molecule has 5 heteroatoms. The second kappa shape index (κ2) is 7.83. The van der Waals surface area contributed by atoms with Crippen LogP contribution in [0, 0.1) is 12.8 Å². The minimum absolute atomic E-state index is 0.0736. The SMILES string of the molecule is CCCn1ncc(C(=O)N2CC[C@@H](Cc3cccc(CO)c3)C2)c1C. The highest BCUT2D eigenvalue weighted by Gasteiger charge is 2.28. The lowest BCUT2D eigenvalue weighted by Gasteiger charge is -2.16. The first-order valence-electron chi connectivity index (χ1n) is 9.12. The standard InChI is InChI=1S/C20H27N3O2/c1-3-8-23-15(2)19(12-21-23)20(25)22-9-7-17(13-22)10-16-5-4-6-18(11-16)14-24/h4-6,11-12,17,24H,3,7-10,13-14H2,1-2H3/t17-/m0/s1. The third-order valence-corrected chi connectivity index (χ3v) is 5.04.